The molecular weight excluding hydrogens is 639 g/mol. The molecule has 0 spiro atoms. The number of hydrogen-bond donors (Lipinski definition) is 0. The Morgan fingerprint density at radius 2 is 0.792 bits per heavy atom. The van der Waals surface area contributed by atoms with Crippen molar-refractivity contribution in [2.24, 2.45) is 0 Å². The second-order valence-corrected chi connectivity index (χ2v) is 14.4. The first kappa shape index (κ1) is 28.7. The van der Waals surface area contributed by atoms with Crippen LogP contribution in [0.2, 0.25) is 0 Å². The highest BCUT2D eigenvalue weighted by Gasteiger charge is 2.21. The van der Waals surface area contributed by atoms with Gasteiger partial charge in [0, 0.05) is 16.5 Å². The molecule has 1 heterocycles. The Bertz CT molecular complexity index is 3330. The summed E-state index contributed by atoms with van der Waals surface area (Å²) in [5.41, 5.74) is 8.69. The number of fused-ring (bicyclic) bond motifs is 7. The van der Waals surface area contributed by atoms with E-state index < -0.39 is 0 Å². The van der Waals surface area contributed by atoms with Crippen molar-refractivity contribution in [3.63, 3.8) is 0 Å². The lowest BCUT2D eigenvalue weighted by Crippen LogP contribution is -1.94. The van der Waals surface area contributed by atoms with Gasteiger partial charge in [0.05, 0.1) is 11.0 Å². The number of aromatic nitrogens is 1. The summed E-state index contributed by atoms with van der Waals surface area (Å²) in [7, 11) is 0. The second kappa shape index (κ2) is 10.8. The second-order valence-electron chi connectivity index (χ2n) is 14.4. The molecule has 1 aromatic heterocycles. The molecule has 0 fully saturated rings. The summed E-state index contributed by atoms with van der Waals surface area (Å²) in [5, 5.41) is 18.2. The average Bonchev–Trinajstić information content (AvgIpc) is 3.56. The topological polar surface area (TPSA) is 4.93 Å². The summed E-state index contributed by atoms with van der Waals surface area (Å²) in [6, 6.07) is 69.8. The average molecular weight is 670 g/mol. The molecular formula is C52H31N. The Kier molecular flexibility index (Phi) is 5.84. The smallest absolute Gasteiger partial charge is 0.0541 e. The Hall–Kier alpha value is -6.96. The SMILES string of the molecule is c1ccc(-n2c3ccccc3c3cc(-c4c5ccccc5c(-c5ccc6c7cccc8cccc(c9cccc5c96)c87)c5ccccc45)ccc32)cc1. The van der Waals surface area contributed by atoms with Crippen molar-refractivity contribution in [1.82, 2.24) is 4.57 Å². The van der Waals surface area contributed by atoms with Gasteiger partial charge in [-0.2, -0.15) is 0 Å². The van der Waals surface area contributed by atoms with E-state index in [9.17, 15) is 0 Å². The van der Waals surface area contributed by atoms with Gasteiger partial charge >= 0.3 is 0 Å². The van der Waals surface area contributed by atoms with Crippen LogP contribution in [0, 0.1) is 0 Å². The van der Waals surface area contributed by atoms with Crippen LogP contribution >= 0.6 is 0 Å². The Morgan fingerprint density at radius 3 is 1.49 bits per heavy atom. The highest BCUT2D eigenvalue weighted by atomic mass is 15.0. The van der Waals surface area contributed by atoms with Crippen LogP contribution in [-0.4, -0.2) is 4.57 Å². The maximum absolute atomic E-state index is 2.42. The van der Waals surface area contributed by atoms with Gasteiger partial charge in [-0.15, -0.1) is 0 Å². The lowest BCUT2D eigenvalue weighted by molar-refractivity contribution is 1.18. The van der Waals surface area contributed by atoms with Crippen molar-refractivity contribution < 1.29 is 0 Å². The Morgan fingerprint density at radius 1 is 0.283 bits per heavy atom. The predicted octanol–water partition coefficient (Wildman–Crippen LogP) is 14.5. The van der Waals surface area contributed by atoms with E-state index in [-0.39, 0.29) is 0 Å². The molecule has 53 heavy (non-hydrogen) atoms. The van der Waals surface area contributed by atoms with E-state index in [0.29, 0.717) is 0 Å². The van der Waals surface area contributed by atoms with Gasteiger partial charge in [-0.25, -0.2) is 0 Å². The first-order valence-electron chi connectivity index (χ1n) is 18.4. The zero-order valence-electron chi connectivity index (χ0n) is 28.8. The number of para-hydroxylation sites is 2. The molecule has 0 aliphatic rings. The van der Waals surface area contributed by atoms with Crippen LogP contribution in [-0.2, 0) is 0 Å². The fraction of sp³-hybridized carbons (Fsp3) is 0. The van der Waals surface area contributed by atoms with E-state index in [1.807, 2.05) is 0 Å². The molecule has 12 rings (SSSR count). The van der Waals surface area contributed by atoms with Crippen molar-refractivity contribution in [2.45, 2.75) is 0 Å². The van der Waals surface area contributed by atoms with Gasteiger partial charge in [0.2, 0.25) is 0 Å². The van der Waals surface area contributed by atoms with Crippen LogP contribution in [0.4, 0.5) is 0 Å². The van der Waals surface area contributed by atoms with Gasteiger partial charge in [-0.3, -0.25) is 0 Å². The summed E-state index contributed by atoms with van der Waals surface area (Å²) in [4.78, 5) is 0. The maximum Gasteiger partial charge on any atom is 0.0541 e. The van der Waals surface area contributed by atoms with Gasteiger partial charge in [-0.05, 0) is 117 Å². The molecule has 0 radical (unpaired) electrons. The normalized spacial score (nSPS) is 12.2. The summed E-state index contributed by atoms with van der Waals surface area (Å²) in [5.74, 6) is 0. The fourth-order valence-corrected chi connectivity index (χ4v) is 9.58. The highest BCUT2D eigenvalue weighted by Crippen LogP contribution is 2.49. The Labute approximate surface area is 305 Å². The first-order chi connectivity index (χ1) is 26.3. The third kappa shape index (κ3) is 3.91. The van der Waals surface area contributed by atoms with Crippen LogP contribution in [0.3, 0.4) is 0 Å². The molecule has 0 atom stereocenters. The van der Waals surface area contributed by atoms with Crippen LogP contribution < -0.4 is 0 Å². The predicted molar refractivity (Wildman–Crippen MR) is 228 cm³/mol. The number of nitrogens with zero attached hydrogens (tertiary/aromatic N) is 1. The summed E-state index contributed by atoms with van der Waals surface area (Å²) in [6.45, 7) is 0. The van der Waals surface area contributed by atoms with Gasteiger partial charge < -0.3 is 4.57 Å². The first-order valence-corrected chi connectivity index (χ1v) is 18.4. The molecule has 244 valence electrons. The zero-order chi connectivity index (χ0) is 34.6. The van der Waals surface area contributed by atoms with E-state index >= 15 is 0 Å². The van der Waals surface area contributed by atoms with E-state index in [0.717, 1.165) is 0 Å². The van der Waals surface area contributed by atoms with Crippen molar-refractivity contribution >= 4 is 86.4 Å². The molecule has 0 bridgehead atoms. The molecule has 12 aromatic rings. The number of hydrogen-bond acceptors (Lipinski definition) is 0. The van der Waals surface area contributed by atoms with Crippen molar-refractivity contribution in [3.05, 3.63) is 188 Å². The molecule has 0 saturated carbocycles. The van der Waals surface area contributed by atoms with Crippen molar-refractivity contribution in [3.8, 4) is 27.9 Å². The Balaban J connectivity index is 1.17. The number of rotatable bonds is 3. The third-order valence-electron chi connectivity index (χ3n) is 11.7. The van der Waals surface area contributed by atoms with Gasteiger partial charge in [0.25, 0.3) is 0 Å². The minimum absolute atomic E-state index is 1.17. The quantitative estimate of drug-likeness (QED) is 0.130. The largest absolute Gasteiger partial charge is 0.309 e. The van der Waals surface area contributed by atoms with Gasteiger partial charge in [-0.1, -0.05) is 158 Å². The number of benzene rings is 11. The van der Waals surface area contributed by atoms with E-state index in [4.69, 9.17) is 0 Å². The monoisotopic (exact) mass is 669 g/mol. The summed E-state index contributed by atoms with van der Waals surface area (Å²) < 4.78 is 2.39. The van der Waals surface area contributed by atoms with Crippen LogP contribution in [0.15, 0.2) is 188 Å². The van der Waals surface area contributed by atoms with Crippen LogP contribution in [0.1, 0.15) is 0 Å². The lowest BCUT2D eigenvalue weighted by Gasteiger charge is -2.20. The van der Waals surface area contributed by atoms with Crippen LogP contribution in [0.25, 0.3) is 114 Å². The molecule has 0 N–H and O–H groups in total. The van der Waals surface area contributed by atoms with E-state index in [1.165, 1.54) is 114 Å². The third-order valence-corrected chi connectivity index (χ3v) is 11.7. The molecule has 0 amide bonds. The zero-order valence-corrected chi connectivity index (χ0v) is 28.8. The van der Waals surface area contributed by atoms with Gasteiger partial charge in [0.15, 0.2) is 0 Å². The molecule has 0 aliphatic carbocycles. The van der Waals surface area contributed by atoms with Crippen molar-refractivity contribution in [1.29, 1.82) is 0 Å². The fourth-order valence-electron chi connectivity index (χ4n) is 9.58. The highest BCUT2D eigenvalue weighted by molar-refractivity contribution is 6.35. The summed E-state index contributed by atoms with van der Waals surface area (Å²) >= 11 is 0. The molecule has 0 aliphatic heterocycles. The molecule has 1 nitrogen and oxygen atoms in total. The lowest BCUT2D eigenvalue weighted by atomic mass is 9.82. The van der Waals surface area contributed by atoms with Gasteiger partial charge in [0.1, 0.15) is 0 Å². The minimum Gasteiger partial charge on any atom is -0.309 e. The molecule has 0 unspecified atom stereocenters. The molecule has 0 saturated heterocycles. The van der Waals surface area contributed by atoms with Crippen LogP contribution in [0.5, 0.6) is 0 Å². The van der Waals surface area contributed by atoms with Crippen molar-refractivity contribution in [2.75, 3.05) is 0 Å². The standard InChI is InChI=1S/C52H31N/c1-2-15-34(16-3-1)53-47-26-9-8-17-35(47)46-31-33(27-30-48(46)53)50-36-18-4-6-20-40(36)51(41-21-7-5-19-37(41)50)45-29-28-44-39-23-11-14-32-13-10-22-38(49(32)39)42-24-12-25-43(45)52(42)44/h1-31H. The van der Waals surface area contributed by atoms with E-state index in [2.05, 4.69) is 193 Å². The molecule has 1 heteroatoms. The molecule has 11 aromatic carbocycles. The minimum atomic E-state index is 1.17. The maximum atomic E-state index is 2.42. The summed E-state index contributed by atoms with van der Waals surface area (Å²) in [6.07, 6.45) is 0. The van der Waals surface area contributed by atoms with E-state index in [1.54, 1.807) is 0 Å².